The number of nitrogens with one attached hydrogen (secondary N) is 1. The van der Waals surface area contributed by atoms with E-state index in [1.54, 1.807) is 6.92 Å². The monoisotopic (exact) mass is 318 g/mol. The van der Waals surface area contributed by atoms with Crippen LogP contribution in [0.25, 0.3) is 0 Å². The normalized spacial score (nSPS) is 24.2. The molecule has 6 nitrogen and oxygen atoms in total. The molecule has 3 aliphatic heterocycles. The van der Waals surface area contributed by atoms with Gasteiger partial charge in [-0.2, -0.15) is 5.10 Å². The van der Waals surface area contributed by atoms with Crippen molar-refractivity contribution in [1.82, 2.24) is 20.0 Å². The summed E-state index contributed by atoms with van der Waals surface area (Å²) in [5.74, 6) is 1.01. The topological polar surface area (TPSA) is 69.3 Å². The Balaban J connectivity index is 1.75. The Kier molecular flexibility index (Phi) is 4.41. The molecule has 23 heavy (non-hydrogen) atoms. The Hall–Kier alpha value is -1.85. The lowest BCUT2D eigenvalue weighted by Crippen LogP contribution is -2.47. The van der Waals surface area contributed by atoms with E-state index in [-0.39, 0.29) is 17.9 Å². The number of fused-ring (bicyclic) bond motifs is 4. The largest absolute Gasteiger partial charge is 0.341 e. The molecule has 0 unspecified atom stereocenters. The van der Waals surface area contributed by atoms with Crippen LogP contribution < -0.4 is 0 Å². The summed E-state index contributed by atoms with van der Waals surface area (Å²) in [6.07, 6.45) is 2.96. The van der Waals surface area contributed by atoms with Gasteiger partial charge in [0.2, 0.25) is 5.91 Å². The molecular formula is C17H26N4O2. The Morgan fingerprint density at radius 2 is 2.09 bits per heavy atom. The van der Waals surface area contributed by atoms with Crippen LogP contribution >= 0.6 is 0 Å². The van der Waals surface area contributed by atoms with Crippen molar-refractivity contribution in [1.29, 1.82) is 0 Å². The minimum atomic E-state index is -0.00337. The number of carbonyl (C=O) groups is 2. The third-order valence-corrected chi connectivity index (χ3v) is 4.90. The Morgan fingerprint density at radius 1 is 1.30 bits per heavy atom. The molecule has 126 valence electrons. The first kappa shape index (κ1) is 16.0. The van der Waals surface area contributed by atoms with Crippen molar-refractivity contribution in [3.05, 3.63) is 17.5 Å². The number of hydrogen-bond donors (Lipinski definition) is 1. The van der Waals surface area contributed by atoms with Gasteiger partial charge in [0.1, 0.15) is 5.69 Å². The van der Waals surface area contributed by atoms with E-state index in [4.69, 9.17) is 0 Å². The summed E-state index contributed by atoms with van der Waals surface area (Å²) >= 11 is 0. The maximum absolute atomic E-state index is 12.9. The second-order valence-corrected chi connectivity index (χ2v) is 7.36. The standard InChI is InChI=1S/C17H26N4O2/c1-11(2)6-14-7-16(19-18-14)17(23)21-9-13-4-5-15(21)10-20(8-13)12(3)22/h7,11,13,15H,4-6,8-10H2,1-3H3,(H,18,19)/t13-,15+/m1/s1. The van der Waals surface area contributed by atoms with Gasteiger partial charge in [-0.3, -0.25) is 14.7 Å². The summed E-state index contributed by atoms with van der Waals surface area (Å²) in [7, 11) is 0. The highest BCUT2D eigenvalue weighted by atomic mass is 16.2. The molecule has 3 fully saturated rings. The van der Waals surface area contributed by atoms with Crippen LogP contribution in [0, 0.1) is 11.8 Å². The zero-order valence-corrected chi connectivity index (χ0v) is 14.2. The molecule has 0 spiro atoms. The first-order chi connectivity index (χ1) is 10.9. The highest BCUT2D eigenvalue weighted by Crippen LogP contribution is 2.29. The third-order valence-electron chi connectivity index (χ3n) is 4.90. The molecule has 3 aliphatic rings. The van der Waals surface area contributed by atoms with Crippen LogP contribution in [0.5, 0.6) is 0 Å². The summed E-state index contributed by atoms with van der Waals surface area (Å²) in [5, 5.41) is 7.20. The quantitative estimate of drug-likeness (QED) is 0.922. The number of H-pyrrole nitrogens is 1. The lowest BCUT2D eigenvalue weighted by Gasteiger charge is -2.35. The number of aromatic amines is 1. The molecule has 0 aromatic carbocycles. The van der Waals surface area contributed by atoms with Crippen molar-refractivity contribution >= 4 is 11.8 Å². The van der Waals surface area contributed by atoms with Gasteiger partial charge in [0.25, 0.3) is 5.91 Å². The smallest absolute Gasteiger partial charge is 0.274 e. The van der Waals surface area contributed by atoms with Crippen LogP contribution in [0.4, 0.5) is 0 Å². The molecule has 2 atom stereocenters. The van der Waals surface area contributed by atoms with Gasteiger partial charge < -0.3 is 9.80 Å². The SMILES string of the molecule is CC(=O)N1C[C@H]2CC[C@@H](C1)N(C(=O)c1cc(CC(C)C)[nH]n1)C2. The average molecular weight is 318 g/mol. The van der Waals surface area contributed by atoms with E-state index in [1.807, 2.05) is 15.9 Å². The maximum Gasteiger partial charge on any atom is 0.274 e. The van der Waals surface area contributed by atoms with E-state index in [9.17, 15) is 9.59 Å². The average Bonchev–Trinajstić information content (AvgIpc) is 2.75. The number of carbonyl (C=O) groups excluding carboxylic acids is 2. The van der Waals surface area contributed by atoms with Crippen molar-refractivity contribution in [3.63, 3.8) is 0 Å². The fourth-order valence-corrected chi connectivity index (χ4v) is 3.75. The molecule has 6 heteroatoms. The molecule has 2 bridgehead atoms. The van der Waals surface area contributed by atoms with Crippen molar-refractivity contribution in [3.8, 4) is 0 Å². The van der Waals surface area contributed by atoms with Crippen molar-refractivity contribution in [2.24, 2.45) is 11.8 Å². The van der Waals surface area contributed by atoms with Crippen molar-refractivity contribution in [2.75, 3.05) is 19.6 Å². The summed E-state index contributed by atoms with van der Waals surface area (Å²) in [4.78, 5) is 28.4. The Labute approximate surface area is 137 Å². The Bertz CT molecular complexity index is 595. The summed E-state index contributed by atoms with van der Waals surface area (Å²) in [6, 6.07) is 2.00. The summed E-state index contributed by atoms with van der Waals surface area (Å²) in [5.41, 5.74) is 1.51. The highest BCUT2D eigenvalue weighted by Gasteiger charge is 2.38. The second-order valence-electron chi connectivity index (χ2n) is 7.36. The molecule has 0 radical (unpaired) electrons. The second kappa shape index (κ2) is 6.34. The molecule has 0 saturated carbocycles. The van der Waals surface area contributed by atoms with Crippen LogP contribution in [0.2, 0.25) is 0 Å². The molecule has 4 rings (SSSR count). The van der Waals surface area contributed by atoms with Crippen LogP contribution in [0.15, 0.2) is 6.07 Å². The fraction of sp³-hybridized carbons (Fsp3) is 0.706. The minimum absolute atomic E-state index is 0.00337. The molecule has 2 amide bonds. The Morgan fingerprint density at radius 3 is 2.78 bits per heavy atom. The van der Waals surface area contributed by atoms with Crippen LogP contribution in [0.3, 0.4) is 0 Å². The van der Waals surface area contributed by atoms with E-state index >= 15 is 0 Å². The van der Waals surface area contributed by atoms with Gasteiger partial charge in [-0.25, -0.2) is 0 Å². The lowest BCUT2D eigenvalue weighted by atomic mass is 9.94. The van der Waals surface area contributed by atoms with Gasteiger partial charge in [-0.05, 0) is 37.2 Å². The first-order valence-electron chi connectivity index (χ1n) is 8.54. The predicted octanol–water partition coefficient (Wildman–Crippen LogP) is 1.69. The lowest BCUT2D eigenvalue weighted by molar-refractivity contribution is -0.129. The molecule has 1 aromatic heterocycles. The molecule has 4 heterocycles. The zero-order chi connectivity index (χ0) is 16.6. The van der Waals surface area contributed by atoms with Gasteiger partial charge in [0, 0.05) is 38.3 Å². The van der Waals surface area contributed by atoms with Gasteiger partial charge >= 0.3 is 0 Å². The van der Waals surface area contributed by atoms with Crippen molar-refractivity contribution in [2.45, 2.75) is 46.1 Å². The maximum atomic E-state index is 12.9. The van der Waals surface area contributed by atoms with E-state index < -0.39 is 0 Å². The van der Waals surface area contributed by atoms with Gasteiger partial charge in [-0.1, -0.05) is 13.8 Å². The van der Waals surface area contributed by atoms with E-state index in [2.05, 4.69) is 24.0 Å². The molecule has 3 saturated heterocycles. The number of nitrogens with zero attached hydrogens (tertiary/aromatic N) is 3. The van der Waals surface area contributed by atoms with Crippen LogP contribution in [-0.4, -0.2) is 57.5 Å². The van der Waals surface area contributed by atoms with Gasteiger partial charge in [-0.15, -0.1) is 0 Å². The summed E-state index contributed by atoms with van der Waals surface area (Å²) in [6.45, 7) is 8.07. The van der Waals surface area contributed by atoms with E-state index in [1.165, 1.54) is 0 Å². The predicted molar refractivity (Wildman–Crippen MR) is 86.9 cm³/mol. The number of aromatic nitrogens is 2. The van der Waals surface area contributed by atoms with Crippen LogP contribution in [-0.2, 0) is 11.2 Å². The van der Waals surface area contributed by atoms with Crippen LogP contribution in [0.1, 0.15) is 49.8 Å². The summed E-state index contributed by atoms with van der Waals surface area (Å²) < 4.78 is 0. The first-order valence-corrected chi connectivity index (χ1v) is 8.54. The molecule has 1 aromatic rings. The van der Waals surface area contributed by atoms with Crippen molar-refractivity contribution < 1.29 is 9.59 Å². The fourth-order valence-electron chi connectivity index (χ4n) is 3.75. The number of rotatable bonds is 3. The molecule has 0 aliphatic carbocycles. The molecular weight excluding hydrogens is 292 g/mol. The molecule has 1 N–H and O–H groups in total. The van der Waals surface area contributed by atoms with Gasteiger partial charge in [0.15, 0.2) is 0 Å². The number of amides is 2. The van der Waals surface area contributed by atoms with Gasteiger partial charge in [0.05, 0.1) is 0 Å². The van der Waals surface area contributed by atoms with E-state index in [0.29, 0.717) is 24.1 Å². The zero-order valence-electron chi connectivity index (χ0n) is 14.2. The highest BCUT2D eigenvalue weighted by molar-refractivity contribution is 5.92. The number of piperidine rings is 1. The third kappa shape index (κ3) is 3.41. The van der Waals surface area contributed by atoms with E-state index in [0.717, 1.165) is 38.0 Å². The minimum Gasteiger partial charge on any atom is -0.341 e. The number of hydrogen-bond acceptors (Lipinski definition) is 3.